The van der Waals surface area contributed by atoms with Gasteiger partial charge in [0.15, 0.2) is 0 Å². The first-order chi connectivity index (χ1) is 7.75. The fraction of sp³-hybridized carbons (Fsp3) is 0.667. The Morgan fingerprint density at radius 2 is 2.00 bits per heavy atom. The quantitative estimate of drug-likeness (QED) is 0.807. The monoisotopic (exact) mass is 220 g/mol. The zero-order valence-corrected chi connectivity index (χ0v) is 10.2. The third-order valence-corrected chi connectivity index (χ3v) is 3.11. The van der Waals surface area contributed by atoms with Crippen LogP contribution in [-0.4, -0.2) is 47.8 Å². The maximum atomic E-state index is 4.16. The van der Waals surface area contributed by atoms with Crippen molar-refractivity contribution in [2.75, 3.05) is 32.7 Å². The lowest BCUT2D eigenvalue weighted by atomic mass is 10.1. The average molecular weight is 220 g/mol. The first kappa shape index (κ1) is 11.5. The number of rotatable bonds is 3. The van der Waals surface area contributed by atoms with Crippen molar-refractivity contribution < 1.29 is 0 Å². The van der Waals surface area contributed by atoms with Crippen molar-refractivity contribution in [1.29, 1.82) is 0 Å². The molecule has 1 saturated heterocycles. The molecule has 0 unspecified atom stereocenters. The molecule has 0 atom stereocenters. The lowest BCUT2D eigenvalue weighted by Crippen LogP contribution is -2.44. The smallest absolute Gasteiger partial charge is 0.0632 e. The Morgan fingerprint density at radius 3 is 2.75 bits per heavy atom. The largest absolute Gasteiger partial charge is 0.314 e. The van der Waals surface area contributed by atoms with Crippen molar-refractivity contribution in [2.45, 2.75) is 20.3 Å². The van der Waals surface area contributed by atoms with Crippen LogP contribution in [0.3, 0.4) is 0 Å². The standard InChI is InChI=1S/C12H20N4/c1-10-9-12(11(2)15-14-10)3-6-16-7-4-13-5-8-16/h9,13H,3-8H2,1-2H3. The van der Waals surface area contributed by atoms with E-state index in [0.29, 0.717) is 0 Å². The molecule has 4 heteroatoms. The third-order valence-electron chi connectivity index (χ3n) is 3.11. The predicted molar refractivity (Wildman–Crippen MR) is 64.5 cm³/mol. The number of piperazine rings is 1. The molecule has 1 aliphatic rings. The highest BCUT2D eigenvalue weighted by atomic mass is 15.2. The van der Waals surface area contributed by atoms with Crippen molar-refractivity contribution in [3.05, 3.63) is 23.0 Å². The van der Waals surface area contributed by atoms with Gasteiger partial charge >= 0.3 is 0 Å². The highest BCUT2D eigenvalue weighted by Gasteiger charge is 2.10. The van der Waals surface area contributed by atoms with Gasteiger partial charge in [-0.05, 0) is 31.9 Å². The molecule has 0 bridgehead atoms. The molecule has 1 N–H and O–H groups in total. The van der Waals surface area contributed by atoms with Crippen LogP contribution >= 0.6 is 0 Å². The zero-order valence-electron chi connectivity index (χ0n) is 10.2. The van der Waals surface area contributed by atoms with Gasteiger partial charge in [0.1, 0.15) is 0 Å². The molecule has 0 saturated carbocycles. The topological polar surface area (TPSA) is 41.0 Å². The van der Waals surface area contributed by atoms with Crippen LogP contribution in [0, 0.1) is 13.8 Å². The fourth-order valence-electron chi connectivity index (χ4n) is 2.07. The van der Waals surface area contributed by atoms with Crippen LogP contribution in [0.2, 0.25) is 0 Å². The second-order valence-electron chi connectivity index (χ2n) is 4.44. The number of aryl methyl sites for hydroxylation is 2. The summed E-state index contributed by atoms with van der Waals surface area (Å²) in [5.41, 5.74) is 3.42. The van der Waals surface area contributed by atoms with Gasteiger partial charge in [0.05, 0.1) is 11.4 Å². The van der Waals surface area contributed by atoms with Gasteiger partial charge in [-0.3, -0.25) is 0 Å². The molecule has 0 aliphatic carbocycles. The van der Waals surface area contributed by atoms with Crippen molar-refractivity contribution in [1.82, 2.24) is 20.4 Å². The molecule has 88 valence electrons. The Balaban J connectivity index is 1.90. The first-order valence-electron chi connectivity index (χ1n) is 5.98. The van der Waals surface area contributed by atoms with Gasteiger partial charge < -0.3 is 10.2 Å². The summed E-state index contributed by atoms with van der Waals surface area (Å²) in [5, 5.41) is 11.6. The number of hydrogen-bond donors (Lipinski definition) is 1. The summed E-state index contributed by atoms with van der Waals surface area (Å²) in [5.74, 6) is 0. The normalized spacial score (nSPS) is 17.6. The molecule has 0 spiro atoms. The molecule has 1 fully saturated rings. The van der Waals surface area contributed by atoms with Gasteiger partial charge in [0.25, 0.3) is 0 Å². The average Bonchev–Trinajstić information content (AvgIpc) is 2.32. The Kier molecular flexibility index (Phi) is 3.85. The molecular formula is C12H20N4. The number of hydrogen-bond acceptors (Lipinski definition) is 4. The number of aromatic nitrogens is 2. The Hall–Kier alpha value is -1.00. The van der Waals surface area contributed by atoms with E-state index in [4.69, 9.17) is 0 Å². The van der Waals surface area contributed by atoms with Crippen LogP contribution in [0.25, 0.3) is 0 Å². The summed E-state index contributed by atoms with van der Waals surface area (Å²) < 4.78 is 0. The lowest BCUT2D eigenvalue weighted by molar-refractivity contribution is 0.243. The molecule has 0 amide bonds. The van der Waals surface area contributed by atoms with Gasteiger partial charge in [-0.1, -0.05) is 0 Å². The minimum Gasteiger partial charge on any atom is -0.314 e. The van der Waals surface area contributed by atoms with Crippen LogP contribution in [0.4, 0.5) is 0 Å². The van der Waals surface area contributed by atoms with E-state index in [1.165, 1.54) is 5.56 Å². The van der Waals surface area contributed by atoms with E-state index in [9.17, 15) is 0 Å². The first-order valence-corrected chi connectivity index (χ1v) is 5.98. The van der Waals surface area contributed by atoms with E-state index >= 15 is 0 Å². The summed E-state index contributed by atoms with van der Waals surface area (Å²) in [7, 11) is 0. The van der Waals surface area contributed by atoms with Crippen LogP contribution < -0.4 is 5.32 Å². The molecule has 1 aliphatic heterocycles. The summed E-state index contributed by atoms with van der Waals surface area (Å²) in [6, 6.07) is 2.16. The van der Waals surface area contributed by atoms with Crippen molar-refractivity contribution >= 4 is 0 Å². The van der Waals surface area contributed by atoms with Gasteiger partial charge in [-0.2, -0.15) is 10.2 Å². The zero-order chi connectivity index (χ0) is 11.4. The van der Waals surface area contributed by atoms with Crippen molar-refractivity contribution in [3.63, 3.8) is 0 Å². The highest BCUT2D eigenvalue weighted by molar-refractivity contribution is 5.19. The van der Waals surface area contributed by atoms with E-state index in [1.807, 2.05) is 13.8 Å². The third kappa shape index (κ3) is 3.00. The van der Waals surface area contributed by atoms with E-state index < -0.39 is 0 Å². The molecule has 0 radical (unpaired) electrons. The van der Waals surface area contributed by atoms with Gasteiger partial charge in [0.2, 0.25) is 0 Å². The van der Waals surface area contributed by atoms with Gasteiger partial charge in [-0.25, -0.2) is 0 Å². The molecule has 16 heavy (non-hydrogen) atoms. The molecule has 0 aromatic carbocycles. The predicted octanol–water partition coefficient (Wildman–Crippen LogP) is 0.541. The number of nitrogens with one attached hydrogen (secondary N) is 1. The lowest BCUT2D eigenvalue weighted by Gasteiger charge is -2.27. The minimum atomic E-state index is 1.01. The second kappa shape index (κ2) is 5.37. The summed E-state index contributed by atoms with van der Waals surface area (Å²) in [6.07, 6.45) is 1.09. The van der Waals surface area contributed by atoms with Crippen LogP contribution in [0.1, 0.15) is 17.0 Å². The molecule has 4 nitrogen and oxygen atoms in total. The van der Waals surface area contributed by atoms with E-state index in [-0.39, 0.29) is 0 Å². The van der Waals surface area contributed by atoms with E-state index in [0.717, 1.165) is 50.5 Å². The second-order valence-corrected chi connectivity index (χ2v) is 4.44. The fourth-order valence-corrected chi connectivity index (χ4v) is 2.07. The van der Waals surface area contributed by atoms with Crippen LogP contribution in [0.15, 0.2) is 6.07 Å². The van der Waals surface area contributed by atoms with Gasteiger partial charge in [-0.15, -0.1) is 0 Å². The van der Waals surface area contributed by atoms with Crippen LogP contribution in [0.5, 0.6) is 0 Å². The Morgan fingerprint density at radius 1 is 1.25 bits per heavy atom. The highest BCUT2D eigenvalue weighted by Crippen LogP contribution is 2.07. The van der Waals surface area contributed by atoms with E-state index in [2.05, 4.69) is 26.5 Å². The SMILES string of the molecule is Cc1cc(CCN2CCNCC2)c(C)nn1. The molecule has 2 rings (SSSR count). The number of nitrogens with zero attached hydrogens (tertiary/aromatic N) is 3. The van der Waals surface area contributed by atoms with Crippen molar-refractivity contribution in [2.24, 2.45) is 0 Å². The van der Waals surface area contributed by atoms with Crippen molar-refractivity contribution in [3.8, 4) is 0 Å². The molecular weight excluding hydrogens is 200 g/mol. The van der Waals surface area contributed by atoms with Crippen LogP contribution in [-0.2, 0) is 6.42 Å². The minimum absolute atomic E-state index is 1.01. The summed E-state index contributed by atoms with van der Waals surface area (Å²) in [4.78, 5) is 2.51. The molecule has 1 aromatic rings. The Bertz CT molecular complexity index is 345. The summed E-state index contributed by atoms with van der Waals surface area (Å²) in [6.45, 7) is 9.74. The summed E-state index contributed by atoms with van der Waals surface area (Å²) >= 11 is 0. The molecule has 1 aromatic heterocycles. The maximum Gasteiger partial charge on any atom is 0.0632 e. The van der Waals surface area contributed by atoms with E-state index in [1.54, 1.807) is 0 Å². The van der Waals surface area contributed by atoms with Gasteiger partial charge in [0, 0.05) is 32.7 Å². The Labute approximate surface area is 97.1 Å². The maximum absolute atomic E-state index is 4.16. The molecule has 2 heterocycles.